The van der Waals surface area contributed by atoms with Crippen molar-refractivity contribution in [2.24, 2.45) is 5.92 Å². The standard InChI is InChI=1S/C12H24BrNO/c1-5-11(4)9-12(15)14(10(2)3)8-6-7-13/h10-11H,5-9H2,1-4H3. The van der Waals surface area contributed by atoms with Gasteiger partial charge in [0, 0.05) is 24.3 Å². The second-order valence-electron chi connectivity index (χ2n) is 4.44. The first-order valence-electron chi connectivity index (χ1n) is 5.88. The van der Waals surface area contributed by atoms with E-state index in [1.54, 1.807) is 0 Å². The highest BCUT2D eigenvalue weighted by atomic mass is 79.9. The van der Waals surface area contributed by atoms with E-state index in [1.165, 1.54) is 0 Å². The number of nitrogens with zero attached hydrogens (tertiary/aromatic N) is 1. The van der Waals surface area contributed by atoms with Gasteiger partial charge >= 0.3 is 0 Å². The van der Waals surface area contributed by atoms with Gasteiger partial charge in [0.1, 0.15) is 0 Å². The molecule has 0 aliphatic carbocycles. The molecule has 1 unspecified atom stereocenters. The molecule has 0 aromatic heterocycles. The maximum absolute atomic E-state index is 12.0. The van der Waals surface area contributed by atoms with Crippen molar-refractivity contribution in [3.8, 4) is 0 Å². The van der Waals surface area contributed by atoms with Gasteiger partial charge in [0.25, 0.3) is 0 Å². The predicted molar refractivity (Wildman–Crippen MR) is 69.3 cm³/mol. The number of carbonyl (C=O) groups is 1. The zero-order valence-electron chi connectivity index (χ0n) is 10.4. The van der Waals surface area contributed by atoms with Crippen molar-refractivity contribution in [1.82, 2.24) is 4.90 Å². The van der Waals surface area contributed by atoms with Crippen molar-refractivity contribution >= 4 is 21.8 Å². The van der Waals surface area contributed by atoms with E-state index in [0.717, 1.165) is 24.7 Å². The third-order valence-electron chi connectivity index (χ3n) is 2.70. The fourth-order valence-electron chi connectivity index (χ4n) is 1.46. The summed E-state index contributed by atoms with van der Waals surface area (Å²) >= 11 is 3.40. The van der Waals surface area contributed by atoms with Crippen molar-refractivity contribution in [2.45, 2.75) is 53.0 Å². The van der Waals surface area contributed by atoms with Crippen LogP contribution in [0.25, 0.3) is 0 Å². The highest BCUT2D eigenvalue weighted by molar-refractivity contribution is 9.09. The predicted octanol–water partition coefficient (Wildman–Crippen LogP) is 3.44. The Labute approximate surface area is 103 Å². The summed E-state index contributed by atoms with van der Waals surface area (Å²) < 4.78 is 0. The highest BCUT2D eigenvalue weighted by Crippen LogP contribution is 2.11. The number of alkyl halides is 1. The minimum absolute atomic E-state index is 0.306. The number of hydrogen-bond donors (Lipinski definition) is 0. The van der Waals surface area contributed by atoms with Crippen LogP contribution >= 0.6 is 15.9 Å². The molecule has 0 N–H and O–H groups in total. The van der Waals surface area contributed by atoms with Crippen molar-refractivity contribution in [2.75, 3.05) is 11.9 Å². The minimum atomic E-state index is 0.306. The Hall–Kier alpha value is -0.0500. The molecule has 0 bridgehead atoms. The summed E-state index contributed by atoms with van der Waals surface area (Å²) in [6.45, 7) is 9.32. The first-order chi connectivity index (χ1) is 7.02. The van der Waals surface area contributed by atoms with E-state index < -0.39 is 0 Å². The van der Waals surface area contributed by atoms with Gasteiger partial charge < -0.3 is 4.90 Å². The number of hydrogen-bond acceptors (Lipinski definition) is 1. The second kappa shape index (κ2) is 8.14. The molecule has 1 atom stereocenters. The third-order valence-corrected chi connectivity index (χ3v) is 3.26. The highest BCUT2D eigenvalue weighted by Gasteiger charge is 2.17. The zero-order chi connectivity index (χ0) is 11.8. The zero-order valence-corrected chi connectivity index (χ0v) is 12.0. The SMILES string of the molecule is CCC(C)CC(=O)N(CCCBr)C(C)C. The Morgan fingerprint density at radius 3 is 2.33 bits per heavy atom. The normalized spacial score (nSPS) is 12.9. The number of rotatable bonds is 7. The summed E-state index contributed by atoms with van der Waals surface area (Å²) in [5.41, 5.74) is 0. The van der Waals surface area contributed by atoms with Gasteiger partial charge in [-0.25, -0.2) is 0 Å². The Bertz CT molecular complexity index is 182. The van der Waals surface area contributed by atoms with E-state index in [9.17, 15) is 4.79 Å². The molecule has 0 aromatic rings. The largest absolute Gasteiger partial charge is 0.340 e. The average molecular weight is 278 g/mol. The van der Waals surface area contributed by atoms with Crippen LogP contribution in [-0.2, 0) is 4.79 Å². The monoisotopic (exact) mass is 277 g/mol. The van der Waals surface area contributed by atoms with Crippen LogP contribution in [0, 0.1) is 5.92 Å². The Morgan fingerprint density at radius 1 is 1.33 bits per heavy atom. The van der Waals surface area contributed by atoms with Crippen molar-refractivity contribution in [3.05, 3.63) is 0 Å². The van der Waals surface area contributed by atoms with Crippen molar-refractivity contribution < 1.29 is 4.79 Å². The molecule has 0 rings (SSSR count). The Kier molecular flexibility index (Phi) is 8.12. The molecule has 1 amide bonds. The fraction of sp³-hybridized carbons (Fsp3) is 0.917. The molecule has 90 valence electrons. The van der Waals surface area contributed by atoms with Crippen LogP contribution in [0.1, 0.15) is 47.0 Å². The second-order valence-corrected chi connectivity index (χ2v) is 5.23. The Morgan fingerprint density at radius 2 is 1.93 bits per heavy atom. The molecule has 0 spiro atoms. The van der Waals surface area contributed by atoms with E-state index in [4.69, 9.17) is 0 Å². The molecule has 0 saturated carbocycles. The van der Waals surface area contributed by atoms with Crippen LogP contribution < -0.4 is 0 Å². The van der Waals surface area contributed by atoms with Crippen molar-refractivity contribution in [1.29, 1.82) is 0 Å². The summed E-state index contributed by atoms with van der Waals surface area (Å²) in [7, 11) is 0. The van der Waals surface area contributed by atoms with Crippen LogP contribution in [0.4, 0.5) is 0 Å². The minimum Gasteiger partial charge on any atom is -0.340 e. The lowest BCUT2D eigenvalue weighted by atomic mass is 10.0. The molecule has 3 heteroatoms. The van der Waals surface area contributed by atoms with Gasteiger partial charge in [0.2, 0.25) is 5.91 Å². The Balaban J connectivity index is 4.16. The van der Waals surface area contributed by atoms with Crippen LogP contribution in [0.3, 0.4) is 0 Å². The number of carbonyl (C=O) groups excluding carboxylic acids is 1. The lowest BCUT2D eigenvalue weighted by Gasteiger charge is -2.27. The average Bonchev–Trinajstić information content (AvgIpc) is 2.17. The summed E-state index contributed by atoms with van der Waals surface area (Å²) in [6.07, 6.45) is 2.80. The van der Waals surface area contributed by atoms with Gasteiger partial charge in [0.05, 0.1) is 0 Å². The molecule has 0 heterocycles. The topological polar surface area (TPSA) is 20.3 Å². The molecule has 0 aliphatic heterocycles. The maximum atomic E-state index is 12.0. The lowest BCUT2D eigenvalue weighted by Crippen LogP contribution is -2.38. The maximum Gasteiger partial charge on any atom is 0.223 e. The first kappa shape index (κ1) is 14.9. The molecular formula is C12H24BrNO. The van der Waals surface area contributed by atoms with Gasteiger partial charge in [0.15, 0.2) is 0 Å². The number of halogens is 1. The molecule has 2 nitrogen and oxygen atoms in total. The first-order valence-corrected chi connectivity index (χ1v) is 7.00. The summed E-state index contributed by atoms with van der Waals surface area (Å²) in [5.74, 6) is 0.808. The van der Waals surface area contributed by atoms with Crippen LogP contribution in [0.2, 0.25) is 0 Å². The van der Waals surface area contributed by atoms with Crippen LogP contribution in [0.5, 0.6) is 0 Å². The van der Waals surface area contributed by atoms with Crippen LogP contribution in [0.15, 0.2) is 0 Å². The van der Waals surface area contributed by atoms with Gasteiger partial charge in [-0.1, -0.05) is 36.2 Å². The van der Waals surface area contributed by atoms with E-state index in [0.29, 0.717) is 24.3 Å². The molecule has 0 radical (unpaired) electrons. The van der Waals surface area contributed by atoms with E-state index in [1.807, 2.05) is 4.90 Å². The fourth-order valence-corrected chi connectivity index (χ4v) is 1.71. The van der Waals surface area contributed by atoms with Gasteiger partial charge in [-0.05, 0) is 26.2 Å². The van der Waals surface area contributed by atoms with Crippen LogP contribution in [-0.4, -0.2) is 28.7 Å². The molecule has 0 aromatic carbocycles. The third kappa shape index (κ3) is 6.18. The van der Waals surface area contributed by atoms with Gasteiger partial charge in [-0.2, -0.15) is 0 Å². The summed E-state index contributed by atoms with van der Waals surface area (Å²) in [6, 6.07) is 0.320. The molecule has 0 saturated heterocycles. The van der Waals surface area contributed by atoms with E-state index in [2.05, 4.69) is 43.6 Å². The van der Waals surface area contributed by atoms with E-state index >= 15 is 0 Å². The smallest absolute Gasteiger partial charge is 0.223 e. The van der Waals surface area contributed by atoms with Gasteiger partial charge in [-0.3, -0.25) is 4.79 Å². The lowest BCUT2D eigenvalue weighted by molar-refractivity contribution is -0.133. The molecule has 0 fully saturated rings. The number of amides is 1. The molecule has 0 aliphatic rings. The van der Waals surface area contributed by atoms with E-state index in [-0.39, 0.29) is 0 Å². The summed E-state index contributed by atoms with van der Waals surface area (Å²) in [4.78, 5) is 14.0. The molecular weight excluding hydrogens is 254 g/mol. The van der Waals surface area contributed by atoms with Crippen molar-refractivity contribution in [3.63, 3.8) is 0 Å². The van der Waals surface area contributed by atoms with Gasteiger partial charge in [-0.15, -0.1) is 0 Å². The quantitative estimate of drug-likeness (QED) is 0.653. The molecule has 15 heavy (non-hydrogen) atoms. The summed E-state index contributed by atoms with van der Waals surface area (Å²) in [5, 5.41) is 0.965.